The minimum absolute atomic E-state index is 0.735. The van der Waals surface area contributed by atoms with Gasteiger partial charge in [0.2, 0.25) is 0 Å². The minimum atomic E-state index is -1.31. The number of aryl methyl sites for hydroxylation is 2. The molecule has 0 saturated carbocycles. The van der Waals surface area contributed by atoms with E-state index in [2.05, 4.69) is 16.8 Å². The van der Waals surface area contributed by atoms with E-state index < -0.39 is 11.0 Å². The number of hydrogen-bond acceptors (Lipinski definition) is 4. The molecule has 0 spiro atoms. The number of fused-ring (bicyclic) bond motifs is 1. The van der Waals surface area contributed by atoms with Crippen LogP contribution in [0.3, 0.4) is 0 Å². The van der Waals surface area contributed by atoms with Gasteiger partial charge in [-0.1, -0.05) is 31.5 Å². The molecule has 0 amide bonds. The van der Waals surface area contributed by atoms with Crippen molar-refractivity contribution in [1.29, 1.82) is 0 Å². The van der Waals surface area contributed by atoms with E-state index in [1.54, 1.807) is 10.2 Å². The first-order valence-corrected chi connectivity index (χ1v) is 10.5. The van der Waals surface area contributed by atoms with Gasteiger partial charge in [0.05, 0.1) is 18.1 Å². The molecule has 1 aromatic carbocycles. The molecule has 4 rings (SSSR count). The maximum Gasteiger partial charge on any atom is 0.158 e. The fourth-order valence-electron chi connectivity index (χ4n) is 3.25. The van der Waals surface area contributed by atoms with Crippen LogP contribution in [0.4, 0.5) is 5.69 Å². The van der Waals surface area contributed by atoms with Gasteiger partial charge in [-0.25, -0.2) is 13.2 Å². The number of benzene rings is 1. The second kappa shape index (κ2) is 8.67. The molecule has 0 aliphatic carbocycles. The zero-order chi connectivity index (χ0) is 19.4. The molecule has 27 heavy (non-hydrogen) atoms. The first-order valence-electron chi connectivity index (χ1n) is 9.43. The van der Waals surface area contributed by atoms with Crippen LogP contribution in [0.15, 0.2) is 47.6 Å². The summed E-state index contributed by atoms with van der Waals surface area (Å²) < 4.78 is 20.3. The number of hydrogen-bond donors (Lipinski definition) is 0. The van der Waals surface area contributed by atoms with Gasteiger partial charge in [0.1, 0.15) is 0 Å². The molecule has 5 nitrogen and oxygen atoms in total. The molecule has 0 bridgehead atoms. The normalized spacial score (nSPS) is 15.3. The molecule has 144 valence electrons. The van der Waals surface area contributed by atoms with E-state index in [0.717, 1.165) is 59.0 Å². The molecule has 2 aromatic heterocycles. The molecule has 3 heterocycles. The highest BCUT2D eigenvalue weighted by atomic mass is 32.2. The number of rotatable bonds is 3. The van der Waals surface area contributed by atoms with Gasteiger partial charge in [-0.05, 0) is 37.6 Å². The van der Waals surface area contributed by atoms with Gasteiger partial charge in [0, 0.05) is 36.6 Å². The number of nitrogens with zero attached hydrogens (tertiary/aromatic N) is 3. The standard InChI is InChI=1S/C19H21N3O2S.C2H6/c1-14-3-5-16(6-4-14)25(23)22-13-15(2)18-17(7-8-20-19(18)22)21-9-11-24-12-10-21;1-2/h3-8,13H,9-12H2,1-2H3;1-2H3. The summed E-state index contributed by atoms with van der Waals surface area (Å²) in [5, 5.41) is 1.07. The van der Waals surface area contributed by atoms with E-state index in [0.29, 0.717) is 0 Å². The van der Waals surface area contributed by atoms with Crippen molar-refractivity contribution in [2.45, 2.75) is 32.6 Å². The topological polar surface area (TPSA) is 47.4 Å². The highest BCUT2D eigenvalue weighted by molar-refractivity contribution is 7.83. The lowest BCUT2D eigenvalue weighted by Gasteiger charge is -2.29. The van der Waals surface area contributed by atoms with Crippen LogP contribution in [-0.4, -0.2) is 39.5 Å². The lowest BCUT2D eigenvalue weighted by Crippen LogP contribution is -2.36. The zero-order valence-corrected chi connectivity index (χ0v) is 17.3. The molecule has 1 aliphatic rings. The van der Waals surface area contributed by atoms with E-state index in [-0.39, 0.29) is 0 Å². The summed E-state index contributed by atoms with van der Waals surface area (Å²) in [5.41, 5.74) is 4.15. The van der Waals surface area contributed by atoms with E-state index in [1.807, 2.05) is 57.3 Å². The molecule has 1 unspecified atom stereocenters. The summed E-state index contributed by atoms with van der Waals surface area (Å²) in [4.78, 5) is 7.63. The van der Waals surface area contributed by atoms with Crippen LogP contribution in [0.25, 0.3) is 11.0 Å². The van der Waals surface area contributed by atoms with Crippen molar-refractivity contribution in [3.63, 3.8) is 0 Å². The van der Waals surface area contributed by atoms with Gasteiger partial charge in [-0.15, -0.1) is 0 Å². The fraction of sp³-hybridized carbons (Fsp3) is 0.381. The third-order valence-corrected chi connectivity index (χ3v) is 5.89. The molecule has 0 N–H and O–H groups in total. The first-order chi connectivity index (χ1) is 13.1. The van der Waals surface area contributed by atoms with Crippen molar-refractivity contribution in [3.05, 3.63) is 53.9 Å². The Morgan fingerprint density at radius 3 is 2.37 bits per heavy atom. The predicted molar refractivity (Wildman–Crippen MR) is 112 cm³/mol. The lowest BCUT2D eigenvalue weighted by molar-refractivity contribution is 0.123. The van der Waals surface area contributed by atoms with Crippen LogP contribution < -0.4 is 4.90 Å². The van der Waals surface area contributed by atoms with Gasteiger partial charge in [0.25, 0.3) is 0 Å². The van der Waals surface area contributed by atoms with Gasteiger partial charge < -0.3 is 9.64 Å². The number of anilines is 1. The second-order valence-corrected chi connectivity index (χ2v) is 7.69. The van der Waals surface area contributed by atoms with E-state index in [1.165, 1.54) is 0 Å². The van der Waals surface area contributed by atoms with Crippen molar-refractivity contribution < 1.29 is 8.95 Å². The van der Waals surface area contributed by atoms with Crippen LogP contribution in [0.2, 0.25) is 0 Å². The summed E-state index contributed by atoms with van der Waals surface area (Å²) in [6.07, 6.45) is 3.74. The Morgan fingerprint density at radius 1 is 1.04 bits per heavy atom. The van der Waals surface area contributed by atoms with E-state index in [4.69, 9.17) is 4.74 Å². The minimum Gasteiger partial charge on any atom is -0.378 e. The predicted octanol–water partition coefficient (Wildman–Crippen LogP) is 4.09. The number of aromatic nitrogens is 2. The van der Waals surface area contributed by atoms with E-state index >= 15 is 0 Å². The van der Waals surface area contributed by atoms with Crippen molar-refractivity contribution in [1.82, 2.24) is 8.96 Å². The van der Waals surface area contributed by atoms with Crippen molar-refractivity contribution in [2.75, 3.05) is 31.2 Å². The molecule has 3 aromatic rings. The molecular formula is C21H27N3O2S. The number of ether oxygens (including phenoxy) is 1. The summed E-state index contributed by atoms with van der Waals surface area (Å²) >= 11 is 0. The lowest BCUT2D eigenvalue weighted by atomic mass is 10.2. The highest BCUT2D eigenvalue weighted by Gasteiger charge is 2.20. The average Bonchev–Trinajstić information content (AvgIpc) is 3.07. The second-order valence-electron chi connectivity index (χ2n) is 6.33. The Balaban J connectivity index is 0.00000102. The quantitative estimate of drug-likeness (QED) is 0.681. The summed E-state index contributed by atoms with van der Waals surface area (Å²) in [5.74, 6) is 0. The average molecular weight is 386 g/mol. The summed E-state index contributed by atoms with van der Waals surface area (Å²) in [6.45, 7) is 11.3. The fourth-order valence-corrected chi connectivity index (χ4v) is 4.40. The molecule has 0 radical (unpaired) electrons. The Morgan fingerprint density at radius 2 is 1.70 bits per heavy atom. The Labute approximate surface area is 163 Å². The van der Waals surface area contributed by atoms with Crippen LogP contribution in [0.5, 0.6) is 0 Å². The Bertz CT molecular complexity index is 928. The maximum atomic E-state index is 13.1. The molecule has 1 atom stereocenters. The van der Waals surface area contributed by atoms with Crippen molar-refractivity contribution >= 4 is 27.7 Å². The van der Waals surface area contributed by atoms with Gasteiger partial charge in [0.15, 0.2) is 16.6 Å². The van der Waals surface area contributed by atoms with Gasteiger partial charge in [-0.3, -0.25) is 0 Å². The Kier molecular flexibility index (Phi) is 6.29. The van der Waals surface area contributed by atoms with Crippen LogP contribution in [-0.2, 0) is 15.7 Å². The van der Waals surface area contributed by atoms with Crippen molar-refractivity contribution in [2.24, 2.45) is 0 Å². The SMILES string of the molecule is CC.Cc1ccc(S(=O)n2cc(C)c3c(N4CCOCC4)ccnc32)cc1. The monoisotopic (exact) mass is 385 g/mol. The summed E-state index contributed by atoms with van der Waals surface area (Å²) in [6, 6.07) is 9.84. The highest BCUT2D eigenvalue weighted by Crippen LogP contribution is 2.31. The molecular weight excluding hydrogens is 358 g/mol. The molecule has 1 aliphatic heterocycles. The number of morpholine rings is 1. The third-order valence-electron chi connectivity index (χ3n) is 4.58. The van der Waals surface area contributed by atoms with Crippen LogP contribution in [0, 0.1) is 13.8 Å². The molecule has 6 heteroatoms. The van der Waals surface area contributed by atoms with Gasteiger partial charge >= 0.3 is 0 Å². The molecule has 1 saturated heterocycles. The first kappa shape index (κ1) is 19.6. The third kappa shape index (κ3) is 3.92. The smallest absolute Gasteiger partial charge is 0.158 e. The van der Waals surface area contributed by atoms with Crippen LogP contribution in [0.1, 0.15) is 25.0 Å². The Hall–Kier alpha value is -2.18. The van der Waals surface area contributed by atoms with Crippen LogP contribution >= 0.6 is 0 Å². The van der Waals surface area contributed by atoms with E-state index in [9.17, 15) is 4.21 Å². The maximum absolute atomic E-state index is 13.1. The largest absolute Gasteiger partial charge is 0.378 e. The van der Waals surface area contributed by atoms with Gasteiger partial charge in [-0.2, -0.15) is 0 Å². The summed E-state index contributed by atoms with van der Waals surface area (Å²) in [7, 11) is -1.31. The zero-order valence-electron chi connectivity index (χ0n) is 16.4. The number of pyridine rings is 1. The van der Waals surface area contributed by atoms with Crippen molar-refractivity contribution in [3.8, 4) is 0 Å². The molecule has 1 fully saturated rings.